The first-order valence-corrected chi connectivity index (χ1v) is 9.87. The molecule has 0 radical (unpaired) electrons. The lowest BCUT2D eigenvalue weighted by Gasteiger charge is -2.21. The van der Waals surface area contributed by atoms with E-state index in [0.717, 1.165) is 0 Å². The second-order valence-electron chi connectivity index (χ2n) is 7.85. The van der Waals surface area contributed by atoms with Crippen LogP contribution in [-0.4, -0.2) is 28.9 Å². The lowest BCUT2D eigenvalue weighted by atomic mass is 10.1. The zero-order valence-corrected chi connectivity index (χ0v) is 17.1. The van der Waals surface area contributed by atoms with Crippen LogP contribution in [0.4, 0.5) is 10.1 Å². The predicted molar refractivity (Wildman–Crippen MR) is 112 cm³/mol. The van der Waals surface area contributed by atoms with Crippen LogP contribution in [-0.2, 0) is 17.9 Å². The standard InChI is InChI=1S/C22H22FN3O5/c1-12(2)8-24-21(27)13-3-4-17-18(7-13)26(22(28)19(17)25-29)9-14-5-16(23)6-15-10-30-11-31-20(14)15/h3-7,12,28H,8-11H2,1-2H3,(H,24,27). The Morgan fingerprint density at radius 3 is 2.87 bits per heavy atom. The molecule has 2 N–H and O–H groups in total. The Hall–Kier alpha value is -3.46. The molecule has 3 aromatic rings. The van der Waals surface area contributed by atoms with E-state index in [0.29, 0.717) is 39.9 Å². The van der Waals surface area contributed by atoms with Crippen LogP contribution in [0.3, 0.4) is 0 Å². The fourth-order valence-electron chi connectivity index (χ4n) is 3.65. The summed E-state index contributed by atoms with van der Waals surface area (Å²) in [6.45, 7) is 4.74. The van der Waals surface area contributed by atoms with E-state index < -0.39 is 5.82 Å². The molecule has 0 saturated carbocycles. The van der Waals surface area contributed by atoms with Gasteiger partial charge in [-0.3, -0.25) is 4.79 Å². The minimum atomic E-state index is -0.471. The number of carbonyl (C=O) groups excluding carboxylic acids is 1. The summed E-state index contributed by atoms with van der Waals surface area (Å²) in [7, 11) is 0. The average molecular weight is 427 g/mol. The van der Waals surface area contributed by atoms with Crippen LogP contribution in [0.5, 0.6) is 11.6 Å². The number of fused-ring (bicyclic) bond motifs is 2. The van der Waals surface area contributed by atoms with Crippen LogP contribution in [0.25, 0.3) is 10.9 Å². The van der Waals surface area contributed by atoms with Crippen molar-refractivity contribution in [1.29, 1.82) is 0 Å². The normalized spacial score (nSPS) is 13.2. The van der Waals surface area contributed by atoms with Crippen molar-refractivity contribution in [2.24, 2.45) is 11.1 Å². The number of aromatic hydroxyl groups is 1. The van der Waals surface area contributed by atoms with Gasteiger partial charge in [0.05, 0.1) is 18.7 Å². The molecule has 1 aromatic heterocycles. The molecular weight excluding hydrogens is 405 g/mol. The lowest BCUT2D eigenvalue weighted by molar-refractivity contribution is -0.0173. The average Bonchev–Trinajstić information content (AvgIpc) is 3.02. The molecule has 4 rings (SSSR count). The molecule has 9 heteroatoms. The summed E-state index contributed by atoms with van der Waals surface area (Å²) >= 11 is 0. The van der Waals surface area contributed by atoms with Gasteiger partial charge < -0.3 is 24.5 Å². The van der Waals surface area contributed by atoms with Gasteiger partial charge in [0.2, 0.25) is 5.88 Å². The Bertz CT molecular complexity index is 1170. The molecule has 0 unspecified atom stereocenters. The van der Waals surface area contributed by atoms with Crippen molar-refractivity contribution >= 4 is 22.5 Å². The number of nitrogens with one attached hydrogen (secondary N) is 1. The van der Waals surface area contributed by atoms with Crippen LogP contribution < -0.4 is 10.1 Å². The van der Waals surface area contributed by atoms with Crippen molar-refractivity contribution in [2.75, 3.05) is 13.3 Å². The maximum Gasteiger partial charge on any atom is 0.251 e. The van der Waals surface area contributed by atoms with Gasteiger partial charge in [-0.05, 0) is 41.4 Å². The molecule has 1 aliphatic heterocycles. The van der Waals surface area contributed by atoms with E-state index in [-0.39, 0.29) is 43.3 Å². The molecular formula is C22H22FN3O5. The van der Waals surface area contributed by atoms with E-state index in [1.807, 2.05) is 13.8 Å². The molecule has 8 nitrogen and oxygen atoms in total. The number of nitroso groups, excluding NO2 is 1. The molecule has 0 bridgehead atoms. The molecule has 1 aliphatic rings. The summed E-state index contributed by atoms with van der Waals surface area (Å²) < 4.78 is 26.3. The van der Waals surface area contributed by atoms with E-state index in [1.165, 1.54) is 16.7 Å². The number of halogens is 1. The van der Waals surface area contributed by atoms with Gasteiger partial charge in [-0.25, -0.2) is 4.39 Å². The SMILES string of the molecule is CC(C)CNC(=O)c1ccc2c(N=O)c(O)n(Cc3cc(F)cc4c3OCOC4)c2c1. The first-order chi connectivity index (χ1) is 14.9. The van der Waals surface area contributed by atoms with Gasteiger partial charge in [0, 0.05) is 28.6 Å². The first kappa shape index (κ1) is 20.8. The van der Waals surface area contributed by atoms with E-state index in [2.05, 4.69) is 10.5 Å². The number of amides is 1. The molecule has 162 valence electrons. The molecule has 1 amide bonds. The maximum atomic E-state index is 14.2. The summed E-state index contributed by atoms with van der Waals surface area (Å²) in [4.78, 5) is 23.9. The molecule has 2 aromatic carbocycles. The summed E-state index contributed by atoms with van der Waals surface area (Å²) in [5.41, 5.74) is 1.68. The van der Waals surface area contributed by atoms with Gasteiger partial charge >= 0.3 is 0 Å². The Kier molecular flexibility index (Phi) is 5.60. The number of hydrogen-bond donors (Lipinski definition) is 2. The van der Waals surface area contributed by atoms with Crippen molar-refractivity contribution in [1.82, 2.24) is 9.88 Å². The molecule has 0 aliphatic carbocycles. The molecule has 0 fully saturated rings. The first-order valence-electron chi connectivity index (χ1n) is 9.87. The fourth-order valence-corrected chi connectivity index (χ4v) is 3.65. The van der Waals surface area contributed by atoms with Gasteiger partial charge in [0.15, 0.2) is 12.5 Å². The number of benzene rings is 2. The summed E-state index contributed by atoms with van der Waals surface area (Å²) in [5.74, 6) is -0.349. The smallest absolute Gasteiger partial charge is 0.251 e. The number of carbonyl (C=O) groups is 1. The second-order valence-corrected chi connectivity index (χ2v) is 7.85. The molecule has 0 spiro atoms. The van der Waals surface area contributed by atoms with Crippen LogP contribution >= 0.6 is 0 Å². The summed E-state index contributed by atoms with van der Waals surface area (Å²) in [5, 5.41) is 16.8. The van der Waals surface area contributed by atoms with Gasteiger partial charge in [0.1, 0.15) is 11.6 Å². The Morgan fingerprint density at radius 2 is 2.13 bits per heavy atom. The van der Waals surface area contributed by atoms with E-state index in [1.54, 1.807) is 18.2 Å². The molecule has 2 heterocycles. The quantitative estimate of drug-likeness (QED) is 0.575. The van der Waals surface area contributed by atoms with Gasteiger partial charge in [-0.2, -0.15) is 0 Å². The van der Waals surface area contributed by atoms with Crippen LogP contribution in [0.15, 0.2) is 35.5 Å². The number of ether oxygens (including phenoxy) is 2. The van der Waals surface area contributed by atoms with Gasteiger partial charge in [-0.15, -0.1) is 4.91 Å². The fraction of sp³-hybridized carbons (Fsp3) is 0.318. The van der Waals surface area contributed by atoms with Crippen molar-refractivity contribution < 1.29 is 23.8 Å². The minimum Gasteiger partial charge on any atom is -0.493 e. The largest absolute Gasteiger partial charge is 0.493 e. The van der Waals surface area contributed by atoms with E-state index in [4.69, 9.17) is 9.47 Å². The molecule has 0 saturated heterocycles. The van der Waals surface area contributed by atoms with Crippen LogP contribution in [0, 0.1) is 16.6 Å². The monoisotopic (exact) mass is 427 g/mol. The topological polar surface area (TPSA) is 102 Å². The zero-order chi connectivity index (χ0) is 22.1. The highest BCUT2D eigenvalue weighted by atomic mass is 19.1. The van der Waals surface area contributed by atoms with Crippen molar-refractivity contribution in [3.8, 4) is 11.6 Å². The number of aromatic nitrogens is 1. The third-order valence-corrected chi connectivity index (χ3v) is 5.12. The number of rotatable bonds is 6. The Morgan fingerprint density at radius 1 is 1.32 bits per heavy atom. The third-order valence-electron chi connectivity index (χ3n) is 5.12. The van der Waals surface area contributed by atoms with Crippen molar-refractivity contribution in [3.63, 3.8) is 0 Å². The minimum absolute atomic E-state index is 0.00894. The van der Waals surface area contributed by atoms with E-state index >= 15 is 0 Å². The van der Waals surface area contributed by atoms with E-state index in [9.17, 15) is 19.2 Å². The predicted octanol–water partition coefficient (Wildman–Crippen LogP) is 4.18. The van der Waals surface area contributed by atoms with Crippen LogP contribution in [0.2, 0.25) is 0 Å². The number of hydrogen-bond acceptors (Lipinski definition) is 6. The van der Waals surface area contributed by atoms with Crippen molar-refractivity contribution in [2.45, 2.75) is 27.0 Å². The third kappa shape index (κ3) is 3.96. The number of nitrogens with zero attached hydrogens (tertiary/aromatic N) is 2. The van der Waals surface area contributed by atoms with Crippen molar-refractivity contribution in [3.05, 3.63) is 57.7 Å². The second kappa shape index (κ2) is 8.35. The highest BCUT2D eigenvalue weighted by Gasteiger charge is 2.23. The molecule has 0 atom stereocenters. The molecule has 31 heavy (non-hydrogen) atoms. The van der Waals surface area contributed by atoms with Crippen LogP contribution in [0.1, 0.15) is 35.3 Å². The van der Waals surface area contributed by atoms with Gasteiger partial charge in [0.25, 0.3) is 5.91 Å². The lowest BCUT2D eigenvalue weighted by Crippen LogP contribution is -2.27. The summed E-state index contributed by atoms with van der Waals surface area (Å²) in [6, 6.07) is 7.36. The highest BCUT2D eigenvalue weighted by molar-refractivity contribution is 6.02. The highest BCUT2D eigenvalue weighted by Crippen LogP contribution is 2.40. The maximum absolute atomic E-state index is 14.2. The zero-order valence-electron chi connectivity index (χ0n) is 17.1. The summed E-state index contributed by atoms with van der Waals surface area (Å²) in [6.07, 6.45) is 0. The Labute approximate surface area is 177 Å². The van der Waals surface area contributed by atoms with Gasteiger partial charge in [-0.1, -0.05) is 13.8 Å². The Balaban J connectivity index is 1.79.